The molecule has 0 amide bonds. The van der Waals surface area contributed by atoms with Crippen molar-refractivity contribution in [1.82, 2.24) is 0 Å². The first kappa shape index (κ1) is 22.0. The molecule has 0 spiro atoms. The van der Waals surface area contributed by atoms with Gasteiger partial charge in [-0.15, -0.1) is 0 Å². The van der Waals surface area contributed by atoms with Gasteiger partial charge in [0.05, 0.1) is 19.6 Å². The maximum atomic E-state index is 10.7. The Labute approximate surface area is 142 Å². The summed E-state index contributed by atoms with van der Waals surface area (Å²) in [6.07, 6.45) is 11.5. The summed E-state index contributed by atoms with van der Waals surface area (Å²) in [6, 6.07) is 0. The Bertz CT molecular complexity index is 334. The highest BCUT2D eigenvalue weighted by Gasteiger charge is 2.24. The molecule has 23 heavy (non-hydrogen) atoms. The Morgan fingerprint density at radius 1 is 0.783 bits per heavy atom. The summed E-state index contributed by atoms with van der Waals surface area (Å²) < 4.78 is 0.798. The van der Waals surface area contributed by atoms with Crippen molar-refractivity contribution in [2.75, 3.05) is 19.6 Å². The minimum Gasteiger partial charge on any atom is -0.507 e. The summed E-state index contributed by atoms with van der Waals surface area (Å²) in [4.78, 5) is 10.7. The minimum atomic E-state index is -0.719. The third-order valence-electron chi connectivity index (χ3n) is 4.29. The van der Waals surface area contributed by atoms with Gasteiger partial charge in [-0.1, -0.05) is 40.0 Å². The third kappa shape index (κ3) is 11.2. The van der Waals surface area contributed by atoms with Gasteiger partial charge in [-0.2, -0.15) is 0 Å². The standard InChI is InChI=1S/C19H37NO3/c1-4-7-8-9-12-18(21)17-20(14-5-2,15-6-3)16-11-10-13-19(22)23/h17H,4-16H2,1-3H3,(H-,21,22,23)/p+1/b18-17-. The largest absolute Gasteiger partial charge is 0.507 e. The van der Waals surface area contributed by atoms with Gasteiger partial charge >= 0.3 is 5.97 Å². The zero-order valence-electron chi connectivity index (χ0n) is 15.5. The van der Waals surface area contributed by atoms with Crippen LogP contribution in [0.2, 0.25) is 0 Å². The number of carboxylic acids is 1. The Hall–Kier alpha value is -1.03. The van der Waals surface area contributed by atoms with Gasteiger partial charge in [0, 0.05) is 12.8 Å². The first-order chi connectivity index (χ1) is 11.0. The molecule has 0 saturated carbocycles. The average Bonchev–Trinajstić information content (AvgIpc) is 2.48. The van der Waals surface area contributed by atoms with Gasteiger partial charge in [-0.25, -0.2) is 0 Å². The van der Waals surface area contributed by atoms with Crippen molar-refractivity contribution < 1.29 is 19.5 Å². The molecule has 0 heterocycles. The van der Waals surface area contributed by atoms with E-state index in [4.69, 9.17) is 5.11 Å². The normalized spacial score (nSPS) is 12.6. The highest BCUT2D eigenvalue weighted by atomic mass is 16.4. The monoisotopic (exact) mass is 328 g/mol. The number of carbonyl (C=O) groups is 1. The Balaban J connectivity index is 4.69. The summed E-state index contributed by atoms with van der Waals surface area (Å²) in [7, 11) is 0. The second-order valence-electron chi connectivity index (χ2n) is 6.67. The molecule has 0 aromatic heterocycles. The molecule has 0 radical (unpaired) electrons. The second-order valence-corrected chi connectivity index (χ2v) is 6.67. The van der Waals surface area contributed by atoms with Crippen molar-refractivity contribution >= 4 is 5.97 Å². The number of unbranched alkanes of at least 4 members (excludes halogenated alkanes) is 4. The van der Waals surface area contributed by atoms with Crippen LogP contribution < -0.4 is 0 Å². The summed E-state index contributed by atoms with van der Waals surface area (Å²) in [5.41, 5.74) is 0. The maximum Gasteiger partial charge on any atom is 0.303 e. The summed E-state index contributed by atoms with van der Waals surface area (Å²) in [5, 5.41) is 19.1. The molecule has 0 aromatic rings. The van der Waals surface area contributed by atoms with Gasteiger partial charge in [0.15, 0.2) is 0 Å². The van der Waals surface area contributed by atoms with E-state index in [2.05, 4.69) is 27.0 Å². The molecular formula is C19H38NO3+. The van der Waals surface area contributed by atoms with Crippen molar-refractivity contribution in [1.29, 1.82) is 0 Å². The Morgan fingerprint density at radius 3 is 1.91 bits per heavy atom. The Kier molecular flexibility index (Phi) is 12.8. The van der Waals surface area contributed by atoms with Crippen LogP contribution in [-0.2, 0) is 4.79 Å². The average molecular weight is 329 g/mol. The van der Waals surface area contributed by atoms with Gasteiger partial charge in [0.1, 0.15) is 12.0 Å². The smallest absolute Gasteiger partial charge is 0.303 e. The number of quaternary nitrogens is 1. The van der Waals surface area contributed by atoms with Crippen LogP contribution in [0, 0.1) is 0 Å². The van der Waals surface area contributed by atoms with Crippen LogP contribution in [0.5, 0.6) is 0 Å². The van der Waals surface area contributed by atoms with Crippen LogP contribution in [0.3, 0.4) is 0 Å². The van der Waals surface area contributed by atoms with E-state index in [1.54, 1.807) is 0 Å². The number of hydrogen-bond acceptors (Lipinski definition) is 2. The van der Waals surface area contributed by atoms with Crippen LogP contribution in [0.1, 0.15) is 85.0 Å². The van der Waals surface area contributed by atoms with Gasteiger partial charge in [0.25, 0.3) is 0 Å². The quantitative estimate of drug-likeness (QED) is 0.245. The molecule has 136 valence electrons. The number of hydrogen-bond donors (Lipinski definition) is 2. The van der Waals surface area contributed by atoms with E-state index in [1.807, 2.05) is 0 Å². The maximum absolute atomic E-state index is 10.7. The summed E-state index contributed by atoms with van der Waals surface area (Å²) in [5.74, 6) is -0.204. The first-order valence-electron chi connectivity index (χ1n) is 9.48. The molecule has 0 rings (SSSR count). The molecule has 0 saturated heterocycles. The number of aliphatic hydroxyl groups is 1. The number of aliphatic carboxylic acids is 1. The predicted octanol–water partition coefficient (Wildman–Crippen LogP) is 5.25. The summed E-state index contributed by atoms with van der Waals surface area (Å²) in [6.45, 7) is 9.49. The van der Waals surface area contributed by atoms with Crippen LogP contribution in [0.4, 0.5) is 0 Å². The SMILES string of the molecule is CCCCCC/C(O)=C/[N+](CCC)(CCC)CCCCC(=O)O. The second kappa shape index (κ2) is 13.4. The van der Waals surface area contributed by atoms with Crippen molar-refractivity contribution in [3.05, 3.63) is 12.0 Å². The zero-order valence-corrected chi connectivity index (χ0v) is 15.5. The lowest BCUT2D eigenvalue weighted by Gasteiger charge is -2.35. The fourth-order valence-electron chi connectivity index (χ4n) is 3.24. The summed E-state index contributed by atoms with van der Waals surface area (Å²) >= 11 is 0. The number of rotatable bonds is 15. The molecule has 0 aliphatic carbocycles. The van der Waals surface area contributed by atoms with Crippen molar-refractivity contribution in [2.45, 2.75) is 85.0 Å². The molecule has 4 heteroatoms. The molecule has 0 atom stereocenters. The van der Waals surface area contributed by atoms with E-state index in [1.165, 1.54) is 19.3 Å². The fraction of sp³-hybridized carbons (Fsp3) is 0.842. The third-order valence-corrected chi connectivity index (χ3v) is 4.29. The molecule has 4 nitrogen and oxygen atoms in total. The molecule has 0 fully saturated rings. The van der Waals surface area contributed by atoms with E-state index in [0.29, 0.717) is 12.2 Å². The van der Waals surface area contributed by atoms with Crippen LogP contribution in [-0.4, -0.2) is 40.3 Å². The number of aliphatic hydroxyl groups excluding tert-OH is 1. The van der Waals surface area contributed by atoms with Gasteiger partial charge in [0.2, 0.25) is 0 Å². The van der Waals surface area contributed by atoms with Gasteiger partial charge in [-0.3, -0.25) is 9.28 Å². The van der Waals surface area contributed by atoms with Crippen molar-refractivity contribution in [3.8, 4) is 0 Å². The fourth-order valence-corrected chi connectivity index (χ4v) is 3.24. The van der Waals surface area contributed by atoms with Crippen LogP contribution in [0.15, 0.2) is 12.0 Å². The number of nitrogens with zero attached hydrogens (tertiary/aromatic N) is 1. The van der Waals surface area contributed by atoms with E-state index in [-0.39, 0.29) is 6.42 Å². The van der Waals surface area contributed by atoms with E-state index in [0.717, 1.165) is 56.2 Å². The highest BCUT2D eigenvalue weighted by Crippen LogP contribution is 2.18. The van der Waals surface area contributed by atoms with Crippen LogP contribution in [0.25, 0.3) is 0 Å². The molecule has 0 bridgehead atoms. The van der Waals surface area contributed by atoms with Crippen molar-refractivity contribution in [3.63, 3.8) is 0 Å². The lowest BCUT2D eigenvalue weighted by molar-refractivity contribution is -0.880. The predicted molar refractivity (Wildman–Crippen MR) is 96.4 cm³/mol. The van der Waals surface area contributed by atoms with E-state index in [9.17, 15) is 9.90 Å². The molecule has 0 aromatic carbocycles. The Morgan fingerprint density at radius 2 is 1.39 bits per heavy atom. The molecule has 0 unspecified atom stereocenters. The highest BCUT2D eigenvalue weighted by molar-refractivity contribution is 5.66. The molecular weight excluding hydrogens is 290 g/mol. The molecule has 0 aliphatic heterocycles. The molecule has 2 N–H and O–H groups in total. The number of carboxylic acid groups (broad SMARTS) is 1. The minimum absolute atomic E-state index is 0.241. The van der Waals surface area contributed by atoms with Gasteiger partial charge in [-0.05, 0) is 32.1 Å². The lowest BCUT2D eigenvalue weighted by Crippen LogP contribution is -2.45. The van der Waals surface area contributed by atoms with Crippen LogP contribution >= 0.6 is 0 Å². The molecule has 0 aliphatic rings. The lowest BCUT2D eigenvalue weighted by atomic mass is 10.1. The number of allylic oxidation sites excluding steroid dienone is 1. The van der Waals surface area contributed by atoms with Gasteiger partial charge < -0.3 is 10.2 Å². The first-order valence-corrected chi connectivity index (χ1v) is 9.48. The zero-order chi connectivity index (χ0) is 17.6. The van der Waals surface area contributed by atoms with Crippen molar-refractivity contribution in [2.24, 2.45) is 0 Å². The van der Waals surface area contributed by atoms with E-state index >= 15 is 0 Å². The van der Waals surface area contributed by atoms with E-state index < -0.39 is 5.97 Å². The topological polar surface area (TPSA) is 57.5 Å².